The molecule has 94 valence electrons. The number of carbonyl (C=O) groups is 1. The highest BCUT2D eigenvalue weighted by atomic mass is 79.9. The molecule has 18 heavy (non-hydrogen) atoms. The van der Waals surface area contributed by atoms with Gasteiger partial charge in [0.25, 0.3) is 0 Å². The molecule has 1 aromatic heterocycles. The summed E-state index contributed by atoms with van der Waals surface area (Å²) in [7, 11) is -3.24. The number of furan rings is 1. The molecule has 0 saturated carbocycles. The van der Waals surface area contributed by atoms with Gasteiger partial charge < -0.3 is 4.42 Å². The highest BCUT2D eigenvalue weighted by Crippen LogP contribution is 2.31. The van der Waals surface area contributed by atoms with Crippen molar-refractivity contribution in [2.75, 3.05) is 6.26 Å². The Morgan fingerprint density at radius 2 is 1.94 bits per heavy atom. The van der Waals surface area contributed by atoms with E-state index in [9.17, 15) is 13.2 Å². The van der Waals surface area contributed by atoms with Crippen LogP contribution in [0.4, 0.5) is 0 Å². The fraction of sp³-hybridized carbons (Fsp3) is 0.0833. The minimum atomic E-state index is -3.24. The van der Waals surface area contributed by atoms with E-state index < -0.39 is 9.84 Å². The van der Waals surface area contributed by atoms with Crippen LogP contribution in [0.3, 0.4) is 0 Å². The first-order chi connectivity index (χ1) is 8.41. The Morgan fingerprint density at radius 1 is 1.22 bits per heavy atom. The molecule has 6 heteroatoms. The third-order valence-corrected chi connectivity index (χ3v) is 4.14. The summed E-state index contributed by atoms with van der Waals surface area (Å²) >= 11 is 3.29. The van der Waals surface area contributed by atoms with Gasteiger partial charge in [-0.1, -0.05) is 0 Å². The van der Waals surface area contributed by atoms with E-state index >= 15 is 0 Å². The molecule has 2 aromatic rings. The fourth-order valence-corrected chi connectivity index (χ4v) is 2.86. The zero-order chi connectivity index (χ0) is 13.3. The predicted molar refractivity (Wildman–Crippen MR) is 70.3 cm³/mol. The summed E-state index contributed by atoms with van der Waals surface area (Å²) in [5.41, 5.74) is 0.690. The molecule has 4 nitrogen and oxygen atoms in total. The summed E-state index contributed by atoms with van der Waals surface area (Å²) in [5.74, 6) is 0.730. The van der Waals surface area contributed by atoms with Crippen LogP contribution >= 0.6 is 15.9 Å². The van der Waals surface area contributed by atoms with E-state index in [0.29, 0.717) is 22.1 Å². The lowest BCUT2D eigenvalue weighted by Crippen LogP contribution is -1.96. The van der Waals surface area contributed by atoms with E-state index in [0.717, 1.165) is 6.26 Å². The van der Waals surface area contributed by atoms with Gasteiger partial charge in [-0.25, -0.2) is 8.42 Å². The second kappa shape index (κ2) is 4.70. The van der Waals surface area contributed by atoms with Crippen LogP contribution in [0, 0.1) is 0 Å². The summed E-state index contributed by atoms with van der Waals surface area (Å²) < 4.78 is 28.7. The SMILES string of the molecule is CS(=O)(=O)c1ccc(-c2ccc(C=O)o2)c(Br)c1. The van der Waals surface area contributed by atoms with Crippen LogP contribution < -0.4 is 0 Å². The quantitative estimate of drug-likeness (QED) is 0.812. The van der Waals surface area contributed by atoms with E-state index in [-0.39, 0.29) is 10.7 Å². The molecule has 0 aliphatic heterocycles. The summed E-state index contributed by atoms with van der Waals surface area (Å²) in [4.78, 5) is 10.8. The molecule has 0 bridgehead atoms. The monoisotopic (exact) mass is 328 g/mol. The van der Waals surface area contributed by atoms with Gasteiger partial charge in [-0.05, 0) is 46.3 Å². The van der Waals surface area contributed by atoms with Gasteiger partial charge in [0.05, 0.1) is 4.90 Å². The van der Waals surface area contributed by atoms with Crippen molar-refractivity contribution in [2.45, 2.75) is 4.90 Å². The minimum absolute atomic E-state index is 0.222. The molecule has 0 amide bonds. The standard InChI is InChI=1S/C12H9BrO4S/c1-18(15,16)9-3-4-10(11(13)6-9)12-5-2-8(7-14)17-12/h2-7H,1H3. The maximum absolute atomic E-state index is 11.4. The van der Waals surface area contributed by atoms with Gasteiger partial charge in [-0.2, -0.15) is 0 Å². The number of rotatable bonds is 3. The van der Waals surface area contributed by atoms with Crippen molar-refractivity contribution in [3.63, 3.8) is 0 Å². The van der Waals surface area contributed by atoms with Crippen molar-refractivity contribution in [1.29, 1.82) is 0 Å². The Labute approximate surface area is 113 Å². The van der Waals surface area contributed by atoms with Gasteiger partial charge in [0.1, 0.15) is 5.76 Å². The molecule has 0 atom stereocenters. The fourth-order valence-electron chi connectivity index (χ4n) is 1.49. The third-order valence-electron chi connectivity index (χ3n) is 2.38. The second-order valence-corrected chi connectivity index (χ2v) is 6.60. The molecular formula is C12H9BrO4S. The molecule has 0 radical (unpaired) electrons. The summed E-state index contributed by atoms with van der Waals surface area (Å²) in [6.07, 6.45) is 1.76. The van der Waals surface area contributed by atoms with Crippen LogP contribution in [0.25, 0.3) is 11.3 Å². The Balaban J connectivity index is 2.51. The average Bonchev–Trinajstić information content (AvgIpc) is 2.76. The lowest BCUT2D eigenvalue weighted by molar-refractivity contribution is 0.110. The first-order valence-electron chi connectivity index (χ1n) is 4.97. The lowest BCUT2D eigenvalue weighted by Gasteiger charge is -2.04. The highest BCUT2D eigenvalue weighted by molar-refractivity contribution is 9.10. The molecule has 0 unspecified atom stereocenters. The smallest absolute Gasteiger partial charge is 0.185 e. The van der Waals surface area contributed by atoms with Crippen LogP contribution in [0.1, 0.15) is 10.6 Å². The van der Waals surface area contributed by atoms with Crippen molar-refractivity contribution in [3.8, 4) is 11.3 Å². The number of hydrogen-bond donors (Lipinski definition) is 0. The van der Waals surface area contributed by atoms with Gasteiger partial charge in [0.2, 0.25) is 0 Å². The summed E-state index contributed by atoms with van der Waals surface area (Å²) in [6, 6.07) is 7.85. The predicted octanol–water partition coefficient (Wildman–Crippen LogP) is 2.93. The summed E-state index contributed by atoms with van der Waals surface area (Å²) in [5, 5.41) is 0. The number of hydrogen-bond acceptors (Lipinski definition) is 4. The Morgan fingerprint density at radius 3 is 2.44 bits per heavy atom. The van der Waals surface area contributed by atoms with E-state index in [1.54, 1.807) is 18.2 Å². The van der Waals surface area contributed by atoms with Crippen molar-refractivity contribution in [1.82, 2.24) is 0 Å². The molecule has 0 saturated heterocycles. The molecule has 2 rings (SSSR count). The zero-order valence-electron chi connectivity index (χ0n) is 9.38. The van der Waals surface area contributed by atoms with Crippen LogP contribution in [0.2, 0.25) is 0 Å². The minimum Gasteiger partial charge on any atom is -0.453 e. The number of benzene rings is 1. The molecule has 0 aliphatic rings. The van der Waals surface area contributed by atoms with Crippen molar-refractivity contribution < 1.29 is 17.6 Å². The molecule has 1 aromatic carbocycles. The van der Waals surface area contributed by atoms with Crippen LogP contribution in [0.15, 0.2) is 44.1 Å². The zero-order valence-corrected chi connectivity index (χ0v) is 11.8. The van der Waals surface area contributed by atoms with Crippen molar-refractivity contribution in [2.24, 2.45) is 0 Å². The van der Waals surface area contributed by atoms with E-state index in [1.807, 2.05) is 0 Å². The van der Waals surface area contributed by atoms with Crippen molar-refractivity contribution in [3.05, 3.63) is 40.6 Å². The maximum Gasteiger partial charge on any atom is 0.185 e. The molecule has 0 spiro atoms. The van der Waals surface area contributed by atoms with Gasteiger partial charge in [0, 0.05) is 16.3 Å². The Kier molecular flexibility index (Phi) is 3.41. The van der Waals surface area contributed by atoms with Crippen LogP contribution in [-0.2, 0) is 9.84 Å². The molecule has 0 N–H and O–H groups in total. The number of sulfone groups is 1. The second-order valence-electron chi connectivity index (χ2n) is 3.73. The van der Waals surface area contributed by atoms with Gasteiger partial charge in [-0.3, -0.25) is 4.79 Å². The first kappa shape index (κ1) is 13.0. The topological polar surface area (TPSA) is 64.3 Å². The summed E-state index contributed by atoms with van der Waals surface area (Å²) in [6.45, 7) is 0. The molecule has 0 fully saturated rings. The normalized spacial score (nSPS) is 11.4. The third kappa shape index (κ3) is 2.54. The Hall–Kier alpha value is -1.40. The van der Waals surface area contributed by atoms with E-state index in [2.05, 4.69) is 15.9 Å². The van der Waals surface area contributed by atoms with Crippen molar-refractivity contribution >= 4 is 32.1 Å². The van der Waals surface area contributed by atoms with Gasteiger partial charge >= 0.3 is 0 Å². The maximum atomic E-state index is 11.4. The molecule has 0 aliphatic carbocycles. The molecular weight excluding hydrogens is 320 g/mol. The lowest BCUT2D eigenvalue weighted by atomic mass is 10.2. The van der Waals surface area contributed by atoms with E-state index in [1.165, 1.54) is 12.1 Å². The van der Waals surface area contributed by atoms with Gasteiger partial charge in [0.15, 0.2) is 21.9 Å². The van der Waals surface area contributed by atoms with Crippen LogP contribution in [-0.4, -0.2) is 21.0 Å². The van der Waals surface area contributed by atoms with Gasteiger partial charge in [-0.15, -0.1) is 0 Å². The number of carbonyl (C=O) groups excluding carboxylic acids is 1. The first-order valence-corrected chi connectivity index (χ1v) is 7.65. The van der Waals surface area contributed by atoms with E-state index in [4.69, 9.17) is 4.42 Å². The Bertz CT molecular complexity index is 701. The number of halogens is 1. The highest BCUT2D eigenvalue weighted by Gasteiger charge is 2.13. The largest absolute Gasteiger partial charge is 0.453 e. The average molecular weight is 329 g/mol. The molecule has 1 heterocycles. The van der Waals surface area contributed by atoms with Crippen LogP contribution in [0.5, 0.6) is 0 Å². The number of aldehydes is 1.